The second-order valence-electron chi connectivity index (χ2n) is 16.1. The molecule has 0 amide bonds. The SMILES string of the molecule is C1=CC(c2cc(N(c3ccccc3)c3ccc(-c4ccccc4)cc3)ccc2-c2ccccc2)=CC(C2=C3c4oc(-c5ccc6ccccc6c5)nc4CCC3CC=C2)C1. The number of allylic oxidation sites excluding steroid dienone is 8. The number of oxazole rings is 1. The van der Waals surface area contributed by atoms with Gasteiger partial charge in [-0.25, -0.2) is 4.98 Å². The smallest absolute Gasteiger partial charge is 0.227 e. The molecular weight excluding hydrogens is 729 g/mol. The summed E-state index contributed by atoms with van der Waals surface area (Å²) in [5.74, 6) is 2.33. The molecule has 0 fully saturated rings. The molecule has 1 heterocycles. The Morgan fingerprint density at radius 2 is 1.17 bits per heavy atom. The van der Waals surface area contributed by atoms with Gasteiger partial charge in [-0.05, 0) is 130 Å². The van der Waals surface area contributed by atoms with E-state index in [-0.39, 0.29) is 5.92 Å². The summed E-state index contributed by atoms with van der Waals surface area (Å²) in [6, 6.07) is 63.0. The Balaban J connectivity index is 1.01. The Morgan fingerprint density at radius 3 is 1.97 bits per heavy atom. The molecule has 3 aliphatic rings. The first kappa shape index (κ1) is 35.9. The zero-order valence-corrected chi connectivity index (χ0v) is 33.4. The Hall–Kier alpha value is -7.23. The van der Waals surface area contributed by atoms with Crippen molar-refractivity contribution in [1.29, 1.82) is 0 Å². The molecule has 11 rings (SSSR count). The quantitative estimate of drug-likeness (QED) is 0.154. The summed E-state index contributed by atoms with van der Waals surface area (Å²) in [6.07, 6.45) is 16.0. The fraction of sp³-hybridized carbons (Fsp3) is 0.105. The van der Waals surface area contributed by atoms with E-state index in [0.717, 1.165) is 65.7 Å². The average molecular weight is 773 g/mol. The van der Waals surface area contributed by atoms with E-state index in [1.54, 1.807) is 0 Å². The monoisotopic (exact) mass is 772 g/mol. The molecule has 0 radical (unpaired) electrons. The van der Waals surface area contributed by atoms with E-state index < -0.39 is 0 Å². The highest BCUT2D eigenvalue weighted by atomic mass is 16.4. The molecule has 0 spiro atoms. The maximum absolute atomic E-state index is 6.83. The number of fused-ring (bicyclic) bond motifs is 4. The largest absolute Gasteiger partial charge is 0.436 e. The predicted octanol–water partition coefficient (Wildman–Crippen LogP) is 15.2. The van der Waals surface area contributed by atoms with E-state index in [1.807, 2.05) is 0 Å². The molecule has 3 heteroatoms. The molecule has 0 saturated carbocycles. The molecule has 8 aromatic rings. The van der Waals surface area contributed by atoms with Gasteiger partial charge in [0.05, 0.1) is 5.69 Å². The minimum absolute atomic E-state index is 0.197. The second kappa shape index (κ2) is 15.5. The van der Waals surface area contributed by atoms with Crippen LogP contribution >= 0.6 is 0 Å². The van der Waals surface area contributed by atoms with Gasteiger partial charge in [0, 0.05) is 34.1 Å². The molecule has 288 valence electrons. The highest BCUT2D eigenvalue weighted by molar-refractivity contribution is 5.91. The van der Waals surface area contributed by atoms with Gasteiger partial charge < -0.3 is 9.32 Å². The molecule has 3 aliphatic carbocycles. The van der Waals surface area contributed by atoms with Crippen LogP contribution in [-0.2, 0) is 6.42 Å². The minimum atomic E-state index is 0.197. The van der Waals surface area contributed by atoms with Gasteiger partial charge >= 0.3 is 0 Å². The van der Waals surface area contributed by atoms with Gasteiger partial charge in [-0.2, -0.15) is 0 Å². The van der Waals surface area contributed by atoms with Crippen LogP contribution in [0.1, 0.15) is 36.3 Å². The van der Waals surface area contributed by atoms with Crippen molar-refractivity contribution >= 4 is 39.0 Å². The zero-order valence-electron chi connectivity index (χ0n) is 33.4. The van der Waals surface area contributed by atoms with Crippen LogP contribution in [-0.4, -0.2) is 4.98 Å². The van der Waals surface area contributed by atoms with Crippen molar-refractivity contribution in [2.45, 2.75) is 25.7 Å². The van der Waals surface area contributed by atoms with Gasteiger partial charge in [0.1, 0.15) is 0 Å². The Morgan fingerprint density at radius 1 is 0.517 bits per heavy atom. The third kappa shape index (κ3) is 6.72. The number of benzene rings is 7. The molecule has 2 unspecified atom stereocenters. The molecule has 1 aromatic heterocycles. The summed E-state index contributed by atoms with van der Waals surface area (Å²) >= 11 is 0. The summed E-state index contributed by atoms with van der Waals surface area (Å²) in [5.41, 5.74) is 15.4. The molecule has 7 aromatic carbocycles. The number of hydrogen-bond donors (Lipinski definition) is 0. The van der Waals surface area contributed by atoms with Crippen molar-refractivity contribution in [1.82, 2.24) is 4.98 Å². The Bertz CT molecular complexity index is 2970. The number of aromatic nitrogens is 1. The highest BCUT2D eigenvalue weighted by Crippen LogP contribution is 2.48. The van der Waals surface area contributed by atoms with Crippen molar-refractivity contribution in [3.05, 3.63) is 229 Å². The number of hydrogen-bond acceptors (Lipinski definition) is 3. The Kier molecular flexibility index (Phi) is 9.28. The third-order valence-electron chi connectivity index (χ3n) is 12.5. The first-order valence-electron chi connectivity index (χ1n) is 21.2. The highest BCUT2D eigenvalue weighted by Gasteiger charge is 2.34. The number of aryl methyl sites for hydroxylation is 1. The van der Waals surface area contributed by atoms with Crippen LogP contribution < -0.4 is 4.90 Å². The molecule has 2 atom stereocenters. The van der Waals surface area contributed by atoms with Crippen LogP contribution in [0.5, 0.6) is 0 Å². The lowest BCUT2D eigenvalue weighted by Crippen LogP contribution is -2.18. The first-order valence-corrected chi connectivity index (χ1v) is 21.2. The number of nitrogens with zero attached hydrogens (tertiary/aromatic N) is 2. The first-order chi connectivity index (χ1) is 29.7. The zero-order chi connectivity index (χ0) is 39.8. The van der Waals surface area contributed by atoms with Gasteiger partial charge in [0.25, 0.3) is 0 Å². The molecule has 0 bridgehead atoms. The number of para-hydroxylation sites is 1. The lowest BCUT2D eigenvalue weighted by atomic mass is 9.73. The Labute approximate surface area is 352 Å². The van der Waals surface area contributed by atoms with Crippen LogP contribution in [0.15, 0.2) is 216 Å². The van der Waals surface area contributed by atoms with Gasteiger partial charge in [0.15, 0.2) is 5.76 Å². The molecule has 60 heavy (non-hydrogen) atoms. The summed E-state index contributed by atoms with van der Waals surface area (Å²) < 4.78 is 6.83. The van der Waals surface area contributed by atoms with Gasteiger partial charge in [-0.1, -0.05) is 158 Å². The van der Waals surface area contributed by atoms with E-state index in [2.05, 4.69) is 211 Å². The van der Waals surface area contributed by atoms with Crippen LogP contribution in [0.25, 0.3) is 55.6 Å². The summed E-state index contributed by atoms with van der Waals surface area (Å²) in [6.45, 7) is 0. The van der Waals surface area contributed by atoms with E-state index in [9.17, 15) is 0 Å². The maximum Gasteiger partial charge on any atom is 0.227 e. The van der Waals surface area contributed by atoms with Crippen molar-refractivity contribution < 1.29 is 4.42 Å². The van der Waals surface area contributed by atoms with Crippen molar-refractivity contribution in [2.24, 2.45) is 11.8 Å². The van der Waals surface area contributed by atoms with Crippen molar-refractivity contribution in [3.8, 4) is 33.7 Å². The number of rotatable bonds is 8. The fourth-order valence-corrected chi connectivity index (χ4v) is 9.51. The number of anilines is 3. The normalized spacial score (nSPS) is 17.0. The van der Waals surface area contributed by atoms with Gasteiger partial charge in [-0.15, -0.1) is 0 Å². The molecule has 3 nitrogen and oxygen atoms in total. The molecule has 0 N–H and O–H groups in total. The average Bonchev–Trinajstić information content (AvgIpc) is 3.78. The van der Waals surface area contributed by atoms with Crippen LogP contribution in [0.4, 0.5) is 17.1 Å². The summed E-state index contributed by atoms with van der Waals surface area (Å²) in [7, 11) is 0. The van der Waals surface area contributed by atoms with E-state index >= 15 is 0 Å². The van der Waals surface area contributed by atoms with Gasteiger partial charge in [-0.3, -0.25) is 0 Å². The lowest BCUT2D eigenvalue weighted by molar-refractivity contribution is 0.506. The molecule has 0 saturated heterocycles. The topological polar surface area (TPSA) is 29.3 Å². The van der Waals surface area contributed by atoms with E-state index in [0.29, 0.717) is 5.92 Å². The lowest BCUT2D eigenvalue weighted by Gasteiger charge is -2.31. The maximum atomic E-state index is 6.83. The molecular formula is C57H44N2O. The summed E-state index contributed by atoms with van der Waals surface area (Å²) in [4.78, 5) is 7.52. The standard InChI is InChI=1S/C57H44N2O/c1-4-14-39(15-5-1)41-28-31-49(32-29-41)59(48-23-8-3-9-24-48)50-33-34-51(42-17-6-2-7-18-42)53(38-50)46-22-12-21-45(37-46)52-25-13-20-43-30-35-54-56(55(43)52)60-57(58-54)47-27-26-40-16-10-11-19-44(40)36-47/h1-19,22-29,31-34,36-38,43,45H,20-21,30,35H2. The summed E-state index contributed by atoms with van der Waals surface area (Å²) in [5, 5.41) is 2.42. The third-order valence-corrected chi connectivity index (χ3v) is 12.5. The predicted molar refractivity (Wildman–Crippen MR) is 249 cm³/mol. The fourth-order valence-electron chi connectivity index (χ4n) is 9.51. The minimum Gasteiger partial charge on any atom is -0.436 e. The van der Waals surface area contributed by atoms with Crippen molar-refractivity contribution in [2.75, 3.05) is 4.90 Å². The van der Waals surface area contributed by atoms with Crippen molar-refractivity contribution in [3.63, 3.8) is 0 Å². The van der Waals surface area contributed by atoms with E-state index in [1.165, 1.54) is 55.3 Å². The van der Waals surface area contributed by atoms with Crippen LogP contribution in [0.3, 0.4) is 0 Å². The second-order valence-corrected chi connectivity index (χ2v) is 16.1. The van der Waals surface area contributed by atoms with Gasteiger partial charge in [0.2, 0.25) is 5.89 Å². The van der Waals surface area contributed by atoms with E-state index in [4.69, 9.17) is 9.40 Å². The van der Waals surface area contributed by atoms with Crippen LogP contribution in [0.2, 0.25) is 0 Å². The molecule has 0 aliphatic heterocycles. The van der Waals surface area contributed by atoms with Crippen LogP contribution in [0, 0.1) is 11.8 Å².